The van der Waals surface area contributed by atoms with E-state index in [-0.39, 0.29) is 25.3 Å². The van der Waals surface area contributed by atoms with Gasteiger partial charge >= 0.3 is 6.09 Å². The highest BCUT2D eigenvalue weighted by Crippen LogP contribution is 2.23. The molecule has 1 saturated carbocycles. The highest BCUT2D eigenvalue weighted by atomic mass is 32.2. The van der Waals surface area contributed by atoms with E-state index in [0.29, 0.717) is 49.4 Å². The molecule has 0 aromatic heterocycles. The highest BCUT2D eigenvalue weighted by molar-refractivity contribution is 7.92. The smallest absolute Gasteiger partial charge is 0.410 e. The van der Waals surface area contributed by atoms with Crippen LogP contribution in [0.25, 0.3) is 0 Å². The van der Waals surface area contributed by atoms with Crippen LogP contribution in [0.2, 0.25) is 0 Å². The summed E-state index contributed by atoms with van der Waals surface area (Å²) in [6, 6.07) is 4.97. The van der Waals surface area contributed by atoms with Gasteiger partial charge in [-0.05, 0) is 62.8 Å². The molecule has 0 bridgehead atoms. The van der Waals surface area contributed by atoms with Gasteiger partial charge in [0, 0.05) is 33.2 Å². The molecule has 3 rings (SSSR count). The van der Waals surface area contributed by atoms with E-state index in [2.05, 4.69) is 4.72 Å². The summed E-state index contributed by atoms with van der Waals surface area (Å²) in [5.74, 6) is -0.0644. The predicted octanol–water partition coefficient (Wildman–Crippen LogP) is 3.23. The molecule has 2 amide bonds. The van der Waals surface area contributed by atoms with Gasteiger partial charge in [-0.25, -0.2) is 13.2 Å². The molecule has 2 fully saturated rings. The minimum Gasteiger partial charge on any atom is -0.446 e. The minimum atomic E-state index is -3.38. The number of hydrogen-bond donors (Lipinski definition) is 1. The molecule has 0 radical (unpaired) electrons. The quantitative estimate of drug-likeness (QED) is 0.734. The number of sulfonamides is 1. The normalized spacial score (nSPS) is 17.8. The van der Waals surface area contributed by atoms with E-state index in [0.717, 1.165) is 25.7 Å². The third kappa shape index (κ3) is 5.65. The molecule has 8 nitrogen and oxygen atoms in total. The molecule has 9 heteroatoms. The lowest BCUT2D eigenvalue weighted by Gasteiger charge is -2.34. The first-order chi connectivity index (χ1) is 14.3. The molecule has 1 aliphatic carbocycles. The number of nitrogens with zero attached hydrogens (tertiary/aromatic N) is 2. The summed E-state index contributed by atoms with van der Waals surface area (Å²) in [6.45, 7) is 5.38. The maximum atomic E-state index is 12.9. The lowest BCUT2D eigenvalue weighted by atomic mass is 10.1. The molecule has 1 aromatic carbocycles. The van der Waals surface area contributed by atoms with Crippen molar-refractivity contribution < 1.29 is 24.2 Å². The van der Waals surface area contributed by atoms with Crippen molar-refractivity contribution in [2.45, 2.75) is 52.1 Å². The average molecular weight is 440 g/mol. The Morgan fingerprint density at radius 1 is 1.13 bits per heavy atom. The summed E-state index contributed by atoms with van der Waals surface area (Å²) in [5, 5.41) is 0. The van der Waals surface area contributed by atoms with Gasteiger partial charge < -0.3 is 14.5 Å². The van der Waals surface area contributed by atoms with Crippen molar-refractivity contribution in [3.63, 3.8) is 0 Å². The highest BCUT2D eigenvalue weighted by Gasteiger charge is 2.28. The number of anilines is 1. The Bertz CT molecular complexity index is 879. The number of amides is 2. The van der Waals surface area contributed by atoms with Crippen molar-refractivity contribution in [1.82, 2.24) is 9.80 Å². The fourth-order valence-electron chi connectivity index (χ4n) is 3.90. The van der Waals surface area contributed by atoms with Gasteiger partial charge in [0.05, 0.1) is 11.4 Å². The molecule has 1 N–H and O–H groups in total. The van der Waals surface area contributed by atoms with Crippen LogP contribution in [0.4, 0.5) is 10.5 Å². The monoisotopic (exact) mass is 439 g/mol. The molecular weight excluding hydrogens is 406 g/mol. The number of benzene rings is 1. The maximum absolute atomic E-state index is 12.9. The Labute approximate surface area is 180 Å². The van der Waals surface area contributed by atoms with E-state index in [1.807, 2.05) is 6.92 Å². The van der Waals surface area contributed by atoms with Gasteiger partial charge in [0.15, 0.2) is 0 Å². The van der Waals surface area contributed by atoms with Crippen LogP contribution in [-0.4, -0.2) is 68.3 Å². The van der Waals surface area contributed by atoms with Crippen LogP contribution in [-0.2, 0) is 14.8 Å². The fraction of sp³-hybridized carbons (Fsp3) is 0.619. The first-order valence-corrected chi connectivity index (χ1v) is 12.3. The lowest BCUT2D eigenvalue weighted by molar-refractivity contribution is 0.0422. The van der Waals surface area contributed by atoms with Gasteiger partial charge in [0.2, 0.25) is 10.0 Å². The van der Waals surface area contributed by atoms with Gasteiger partial charge in [-0.15, -0.1) is 0 Å². The van der Waals surface area contributed by atoms with Crippen molar-refractivity contribution >= 4 is 27.7 Å². The zero-order valence-corrected chi connectivity index (χ0v) is 18.5. The molecule has 0 atom stereocenters. The summed E-state index contributed by atoms with van der Waals surface area (Å²) >= 11 is 0. The third-order valence-corrected chi connectivity index (χ3v) is 7.08. The third-order valence-electron chi connectivity index (χ3n) is 5.61. The second-order valence-corrected chi connectivity index (χ2v) is 9.86. The summed E-state index contributed by atoms with van der Waals surface area (Å²) in [7, 11) is -3.38. The Kier molecular flexibility index (Phi) is 7.23. The Morgan fingerprint density at radius 2 is 1.77 bits per heavy atom. The molecule has 0 spiro atoms. The number of ether oxygens (including phenoxy) is 1. The standard InChI is InChI=1S/C21H31N3O5S.H2/c1-3-14-30(27,28)22-19-9-8-17(15-16(19)2)20(25)23-10-12-24(13-11-23)21(26)29-18-6-4-5-7-18;/h8-9,15,18,22H,3-7,10-14H2,1-2H3;1H. The van der Waals surface area contributed by atoms with E-state index < -0.39 is 10.0 Å². The second-order valence-electron chi connectivity index (χ2n) is 8.02. The summed E-state index contributed by atoms with van der Waals surface area (Å²) < 4.78 is 32.1. The van der Waals surface area contributed by atoms with Crippen molar-refractivity contribution in [3.8, 4) is 0 Å². The Morgan fingerprint density at radius 3 is 2.37 bits per heavy atom. The molecule has 2 aliphatic rings. The summed E-state index contributed by atoms with van der Waals surface area (Å²) in [5.41, 5.74) is 1.69. The summed E-state index contributed by atoms with van der Waals surface area (Å²) in [6.07, 6.45) is 4.38. The maximum Gasteiger partial charge on any atom is 0.410 e. The van der Waals surface area contributed by atoms with Gasteiger partial charge in [-0.3, -0.25) is 9.52 Å². The molecule has 0 unspecified atom stereocenters. The number of carbonyl (C=O) groups excluding carboxylic acids is 2. The largest absolute Gasteiger partial charge is 0.446 e. The van der Waals surface area contributed by atoms with Crippen molar-refractivity contribution in [3.05, 3.63) is 29.3 Å². The number of nitrogens with one attached hydrogen (secondary N) is 1. The SMILES string of the molecule is CCCS(=O)(=O)Nc1ccc(C(=O)N2CCN(C(=O)OC3CCCC3)CC2)cc1C.[HH]. The minimum absolute atomic E-state index is 0. The van der Waals surface area contributed by atoms with Crippen LogP contribution >= 0.6 is 0 Å². The van der Waals surface area contributed by atoms with E-state index in [1.165, 1.54) is 0 Å². The van der Waals surface area contributed by atoms with E-state index >= 15 is 0 Å². The molecule has 1 aliphatic heterocycles. The molecule has 1 heterocycles. The Hall–Kier alpha value is -2.29. The van der Waals surface area contributed by atoms with E-state index in [9.17, 15) is 18.0 Å². The van der Waals surface area contributed by atoms with Crippen LogP contribution in [0, 0.1) is 6.92 Å². The van der Waals surface area contributed by atoms with Crippen LogP contribution in [0.5, 0.6) is 0 Å². The Balaban J connectivity index is 0.00000341. The molecular formula is C21H33N3O5S. The summed E-state index contributed by atoms with van der Waals surface area (Å²) in [4.78, 5) is 28.5. The van der Waals surface area contributed by atoms with Crippen LogP contribution in [0.3, 0.4) is 0 Å². The number of piperazine rings is 1. The van der Waals surface area contributed by atoms with Gasteiger partial charge in [0.1, 0.15) is 6.10 Å². The molecule has 1 saturated heterocycles. The predicted molar refractivity (Wildman–Crippen MR) is 117 cm³/mol. The average Bonchev–Trinajstić information content (AvgIpc) is 3.22. The van der Waals surface area contributed by atoms with E-state index in [1.54, 1.807) is 34.9 Å². The number of rotatable bonds is 6. The topological polar surface area (TPSA) is 96.0 Å². The number of carbonyl (C=O) groups is 2. The number of aryl methyl sites for hydroxylation is 1. The lowest BCUT2D eigenvalue weighted by Crippen LogP contribution is -2.51. The van der Waals surface area contributed by atoms with Crippen LogP contribution < -0.4 is 4.72 Å². The zero-order chi connectivity index (χ0) is 21.7. The molecule has 168 valence electrons. The van der Waals surface area contributed by atoms with Crippen molar-refractivity contribution in [1.29, 1.82) is 0 Å². The van der Waals surface area contributed by atoms with E-state index in [4.69, 9.17) is 4.74 Å². The first-order valence-electron chi connectivity index (χ1n) is 10.6. The van der Waals surface area contributed by atoms with Crippen molar-refractivity contribution in [2.24, 2.45) is 0 Å². The van der Waals surface area contributed by atoms with Gasteiger partial charge in [-0.1, -0.05) is 6.92 Å². The van der Waals surface area contributed by atoms with Crippen LogP contribution in [0.1, 0.15) is 56.4 Å². The first kappa shape index (κ1) is 22.4. The fourth-order valence-corrected chi connectivity index (χ4v) is 5.10. The van der Waals surface area contributed by atoms with Gasteiger partial charge in [0.25, 0.3) is 5.91 Å². The molecule has 1 aromatic rings. The number of hydrogen-bond acceptors (Lipinski definition) is 5. The zero-order valence-electron chi connectivity index (χ0n) is 17.7. The van der Waals surface area contributed by atoms with Crippen LogP contribution in [0.15, 0.2) is 18.2 Å². The second kappa shape index (κ2) is 9.68. The molecule has 30 heavy (non-hydrogen) atoms. The van der Waals surface area contributed by atoms with Gasteiger partial charge in [-0.2, -0.15) is 0 Å². The van der Waals surface area contributed by atoms with Crippen molar-refractivity contribution in [2.75, 3.05) is 36.7 Å².